The van der Waals surface area contributed by atoms with E-state index in [1.807, 2.05) is 48.5 Å². The van der Waals surface area contributed by atoms with E-state index in [1.165, 1.54) is 4.90 Å². The summed E-state index contributed by atoms with van der Waals surface area (Å²) < 4.78 is 6.25. The van der Waals surface area contributed by atoms with Gasteiger partial charge in [0.25, 0.3) is 5.91 Å². The first-order chi connectivity index (χ1) is 11.1. The number of para-hydroxylation sites is 1. The van der Waals surface area contributed by atoms with Gasteiger partial charge < -0.3 is 10.1 Å². The third kappa shape index (κ3) is 3.13. The first kappa shape index (κ1) is 15.7. The summed E-state index contributed by atoms with van der Waals surface area (Å²) in [5.74, 6) is 0.505. The van der Waals surface area contributed by atoms with Gasteiger partial charge in [-0.1, -0.05) is 34.1 Å². The zero-order chi connectivity index (χ0) is 16.4. The van der Waals surface area contributed by atoms with Gasteiger partial charge in [0.1, 0.15) is 11.4 Å². The monoisotopic (exact) mass is 388 g/mol. The predicted molar refractivity (Wildman–Crippen MR) is 98.3 cm³/mol. The van der Waals surface area contributed by atoms with Gasteiger partial charge in [-0.25, -0.2) is 0 Å². The fraction of sp³-hybridized carbons (Fsp3) is 0.0588. The van der Waals surface area contributed by atoms with Crippen molar-refractivity contribution in [2.75, 3.05) is 12.0 Å². The number of carbonyl (C=O) groups is 1. The maximum Gasteiger partial charge on any atom is 0.281 e. The van der Waals surface area contributed by atoms with E-state index in [0.29, 0.717) is 16.6 Å². The highest BCUT2D eigenvalue weighted by Gasteiger charge is 2.32. The zero-order valence-corrected chi connectivity index (χ0v) is 14.6. The molecule has 2 aromatic carbocycles. The van der Waals surface area contributed by atoms with Crippen molar-refractivity contribution in [1.29, 1.82) is 0 Å². The molecule has 1 N–H and O–H groups in total. The number of anilines is 1. The third-order valence-corrected chi connectivity index (χ3v) is 4.22. The van der Waals surface area contributed by atoms with E-state index in [-0.39, 0.29) is 5.91 Å². The van der Waals surface area contributed by atoms with Gasteiger partial charge in [-0.15, -0.1) is 0 Å². The van der Waals surface area contributed by atoms with Crippen molar-refractivity contribution in [3.8, 4) is 5.75 Å². The van der Waals surface area contributed by atoms with Crippen LogP contribution >= 0.6 is 28.1 Å². The molecule has 0 aliphatic carbocycles. The van der Waals surface area contributed by atoms with Crippen LogP contribution in [0, 0.1) is 0 Å². The molecule has 3 rings (SSSR count). The number of ether oxygens (including phenoxy) is 1. The Morgan fingerprint density at radius 2 is 1.87 bits per heavy atom. The minimum atomic E-state index is -0.191. The normalized spacial score (nSPS) is 15.9. The average molecular weight is 389 g/mol. The lowest BCUT2D eigenvalue weighted by atomic mass is 10.1. The number of methoxy groups -OCH3 is 1. The van der Waals surface area contributed by atoms with Crippen molar-refractivity contribution in [1.82, 2.24) is 5.32 Å². The van der Waals surface area contributed by atoms with E-state index < -0.39 is 0 Å². The first-order valence-electron chi connectivity index (χ1n) is 6.86. The molecule has 0 atom stereocenters. The largest absolute Gasteiger partial charge is 0.496 e. The number of benzene rings is 2. The summed E-state index contributed by atoms with van der Waals surface area (Å²) in [7, 11) is 1.60. The number of halogens is 1. The molecule has 1 amide bonds. The lowest BCUT2D eigenvalue weighted by molar-refractivity contribution is -0.113. The van der Waals surface area contributed by atoms with Gasteiger partial charge in [0, 0.05) is 10.0 Å². The second-order valence-corrected chi connectivity index (χ2v) is 6.15. The molecule has 1 fully saturated rings. The predicted octanol–water partition coefficient (Wildman–Crippen LogP) is 3.72. The standard InChI is InChI=1S/C17H13BrN2O2S/c1-22-15-5-3-2-4-11(15)10-14-16(21)20(17(23)19-14)13-8-6-12(18)7-9-13/h2-10H,1H3,(H,19,23)/b14-10+. The molecule has 23 heavy (non-hydrogen) atoms. The molecular formula is C17H13BrN2O2S. The summed E-state index contributed by atoms with van der Waals surface area (Å²) in [6.07, 6.45) is 1.74. The molecule has 116 valence electrons. The highest BCUT2D eigenvalue weighted by atomic mass is 79.9. The van der Waals surface area contributed by atoms with Gasteiger partial charge >= 0.3 is 0 Å². The minimum Gasteiger partial charge on any atom is -0.496 e. The number of nitrogens with zero attached hydrogens (tertiary/aromatic N) is 1. The maximum atomic E-state index is 12.7. The van der Waals surface area contributed by atoms with Crippen molar-refractivity contribution in [3.63, 3.8) is 0 Å². The van der Waals surface area contributed by atoms with Gasteiger partial charge in [-0.2, -0.15) is 0 Å². The lowest BCUT2D eigenvalue weighted by Crippen LogP contribution is -2.30. The van der Waals surface area contributed by atoms with Gasteiger partial charge in [0.15, 0.2) is 5.11 Å². The summed E-state index contributed by atoms with van der Waals surface area (Å²) in [4.78, 5) is 14.1. The molecule has 2 aromatic rings. The highest BCUT2D eigenvalue weighted by molar-refractivity contribution is 9.10. The van der Waals surface area contributed by atoms with Crippen molar-refractivity contribution in [2.24, 2.45) is 0 Å². The Morgan fingerprint density at radius 3 is 2.57 bits per heavy atom. The zero-order valence-electron chi connectivity index (χ0n) is 12.2. The molecule has 1 saturated heterocycles. The van der Waals surface area contributed by atoms with E-state index in [4.69, 9.17) is 17.0 Å². The van der Waals surface area contributed by atoms with Crippen LogP contribution in [0.3, 0.4) is 0 Å². The Labute approximate surface area is 147 Å². The van der Waals surface area contributed by atoms with Gasteiger partial charge in [0.2, 0.25) is 0 Å². The van der Waals surface area contributed by atoms with Crippen molar-refractivity contribution in [2.45, 2.75) is 0 Å². The Bertz CT molecular complexity index is 802. The molecule has 4 nitrogen and oxygen atoms in total. The quantitative estimate of drug-likeness (QED) is 0.642. The Morgan fingerprint density at radius 1 is 1.17 bits per heavy atom. The van der Waals surface area contributed by atoms with Crippen LogP contribution in [0.4, 0.5) is 5.69 Å². The second-order valence-electron chi connectivity index (χ2n) is 4.85. The summed E-state index contributed by atoms with van der Waals surface area (Å²) >= 11 is 8.68. The summed E-state index contributed by atoms with van der Waals surface area (Å²) in [6.45, 7) is 0. The lowest BCUT2D eigenvalue weighted by Gasteiger charge is -2.13. The van der Waals surface area contributed by atoms with E-state index in [9.17, 15) is 4.79 Å². The molecule has 1 aliphatic rings. The Balaban J connectivity index is 1.95. The summed E-state index contributed by atoms with van der Waals surface area (Å²) in [5.41, 5.74) is 1.95. The van der Waals surface area contributed by atoms with Crippen molar-refractivity contribution >= 4 is 50.9 Å². The van der Waals surface area contributed by atoms with Crippen LogP contribution in [0.1, 0.15) is 5.56 Å². The van der Waals surface area contributed by atoms with Gasteiger partial charge in [-0.3, -0.25) is 9.69 Å². The van der Waals surface area contributed by atoms with E-state index in [1.54, 1.807) is 13.2 Å². The topological polar surface area (TPSA) is 41.6 Å². The number of amides is 1. The van der Waals surface area contributed by atoms with Crippen LogP contribution < -0.4 is 15.0 Å². The van der Waals surface area contributed by atoms with E-state index in [2.05, 4.69) is 21.2 Å². The van der Waals surface area contributed by atoms with Crippen LogP contribution in [0.15, 0.2) is 58.7 Å². The Kier molecular flexibility index (Phi) is 4.45. The summed E-state index contributed by atoms with van der Waals surface area (Å²) in [6, 6.07) is 14.9. The number of nitrogens with one attached hydrogen (secondary N) is 1. The van der Waals surface area contributed by atoms with Crippen molar-refractivity contribution in [3.05, 3.63) is 64.3 Å². The molecule has 0 saturated carbocycles. The van der Waals surface area contributed by atoms with Gasteiger partial charge in [0.05, 0.1) is 12.8 Å². The fourth-order valence-corrected chi connectivity index (χ4v) is 2.86. The second kappa shape index (κ2) is 6.52. The SMILES string of the molecule is COc1ccccc1/C=C1/NC(=S)N(c2ccc(Br)cc2)C1=O. The highest BCUT2D eigenvalue weighted by Crippen LogP contribution is 2.26. The van der Waals surface area contributed by atoms with E-state index >= 15 is 0 Å². The van der Waals surface area contributed by atoms with Gasteiger partial charge in [-0.05, 0) is 48.6 Å². The third-order valence-electron chi connectivity index (χ3n) is 3.40. The minimum absolute atomic E-state index is 0.191. The Hall–Kier alpha value is -2.18. The number of hydrogen-bond acceptors (Lipinski definition) is 3. The van der Waals surface area contributed by atoms with Crippen molar-refractivity contribution < 1.29 is 9.53 Å². The number of thiocarbonyl (C=S) groups is 1. The molecular weight excluding hydrogens is 376 g/mol. The van der Waals surface area contributed by atoms with Crippen LogP contribution in [0.25, 0.3) is 6.08 Å². The fourth-order valence-electron chi connectivity index (χ4n) is 2.30. The number of hydrogen-bond donors (Lipinski definition) is 1. The molecule has 1 aliphatic heterocycles. The maximum absolute atomic E-state index is 12.7. The number of carbonyl (C=O) groups excluding carboxylic acids is 1. The van der Waals surface area contributed by atoms with Crippen LogP contribution in [0.2, 0.25) is 0 Å². The average Bonchev–Trinajstić information content (AvgIpc) is 2.83. The van der Waals surface area contributed by atoms with E-state index in [0.717, 1.165) is 15.7 Å². The molecule has 0 aromatic heterocycles. The molecule has 0 radical (unpaired) electrons. The first-order valence-corrected chi connectivity index (χ1v) is 8.06. The molecule has 0 unspecified atom stereocenters. The van der Waals surface area contributed by atoms with Crippen LogP contribution in [-0.4, -0.2) is 18.1 Å². The van der Waals surface area contributed by atoms with Crippen LogP contribution in [0.5, 0.6) is 5.75 Å². The smallest absolute Gasteiger partial charge is 0.281 e. The molecule has 1 heterocycles. The molecule has 0 bridgehead atoms. The molecule has 6 heteroatoms. The number of rotatable bonds is 3. The van der Waals surface area contributed by atoms with Crippen LogP contribution in [-0.2, 0) is 4.79 Å². The summed E-state index contributed by atoms with van der Waals surface area (Å²) in [5, 5.41) is 3.33. The molecule has 0 spiro atoms.